The van der Waals surface area contributed by atoms with Crippen molar-refractivity contribution in [3.63, 3.8) is 0 Å². The smallest absolute Gasteiger partial charge is 0.171 e. The number of hydrogen-bond acceptors (Lipinski definition) is 4. The number of H-pyrrole nitrogens is 1. The van der Waals surface area contributed by atoms with Crippen molar-refractivity contribution in [1.82, 2.24) is 15.3 Å². The largest absolute Gasteiger partial charge is 0.362 e. The second-order valence-corrected chi connectivity index (χ2v) is 8.61. The third-order valence-electron chi connectivity index (χ3n) is 5.77. The number of rotatable bonds is 6. The number of thiocarbonyl (C=S) groups is 1. The van der Waals surface area contributed by atoms with Gasteiger partial charge in [-0.2, -0.15) is 0 Å². The number of carbonyl (C=O) groups excluding carboxylic acids is 1. The van der Waals surface area contributed by atoms with Gasteiger partial charge in [0.15, 0.2) is 10.9 Å². The first-order chi connectivity index (χ1) is 15.2. The SMILES string of the molecule is O=C1CCCc2[nH]c(-c3ccnc(NC(=S)NCC4CC4)c3)c(Nc3ccccc3)c21. The van der Waals surface area contributed by atoms with Gasteiger partial charge in [0.2, 0.25) is 0 Å². The number of aromatic nitrogens is 2. The van der Waals surface area contributed by atoms with Gasteiger partial charge in [-0.3, -0.25) is 4.79 Å². The van der Waals surface area contributed by atoms with Gasteiger partial charge in [-0.25, -0.2) is 4.98 Å². The number of carbonyl (C=O) groups is 1. The van der Waals surface area contributed by atoms with Crippen molar-refractivity contribution in [2.45, 2.75) is 32.1 Å². The van der Waals surface area contributed by atoms with Crippen LogP contribution in [0.25, 0.3) is 11.3 Å². The van der Waals surface area contributed by atoms with Gasteiger partial charge in [-0.05, 0) is 68.1 Å². The average Bonchev–Trinajstić information content (AvgIpc) is 3.54. The van der Waals surface area contributed by atoms with E-state index in [-0.39, 0.29) is 5.78 Å². The van der Waals surface area contributed by atoms with E-state index in [1.54, 1.807) is 6.20 Å². The first kappa shape index (κ1) is 19.8. The first-order valence-electron chi connectivity index (χ1n) is 10.8. The molecule has 0 amide bonds. The van der Waals surface area contributed by atoms with Crippen molar-refractivity contribution >= 4 is 40.3 Å². The van der Waals surface area contributed by atoms with E-state index in [0.717, 1.165) is 59.2 Å². The average molecular weight is 432 g/mol. The number of nitrogens with one attached hydrogen (secondary N) is 4. The minimum absolute atomic E-state index is 0.181. The van der Waals surface area contributed by atoms with Crippen LogP contribution in [0.1, 0.15) is 41.7 Å². The summed E-state index contributed by atoms with van der Waals surface area (Å²) in [4.78, 5) is 20.7. The molecule has 6 nitrogen and oxygen atoms in total. The molecular formula is C24H25N5OS. The van der Waals surface area contributed by atoms with E-state index in [1.807, 2.05) is 42.5 Å². The van der Waals surface area contributed by atoms with Crippen LogP contribution in [0.15, 0.2) is 48.7 Å². The van der Waals surface area contributed by atoms with Crippen molar-refractivity contribution < 1.29 is 4.79 Å². The molecule has 0 saturated heterocycles. The normalized spacial score (nSPS) is 15.3. The number of para-hydroxylation sites is 1. The van der Waals surface area contributed by atoms with Crippen LogP contribution in [0, 0.1) is 5.92 Å². The van der Waals surface area contributed by atoms with Crippen LogP contribution < -0.4 is 16.0 Å². The highest BCUT2D eigenvalue weighted by Gasteiger charge is 2.27. The molecule has 0 radical (unpaired) electrons. The summed E-state index contributed by atoms with van der Waals surface area (Å²) in [6, 6.07) is 13.8. The Balaban J connectivity index is 1.46. The third-order valence-corrected chi connectivity index (χ3v) is 6.02. The van der Waals surface area contributed by atoms with Gasteiger partial charge in [0, 0.05) is 36.1 Å². The van der Waals surface area contributed by atoms with E-state index in [9.17, 15) is 4.79 Å². The summed E-state index contributed by atoms with van der Waals surface area (Å²) in [6.07, 6.45) is 6.64. The second kappa shape index (κ2) is 8.51. The lowest BCUT2D eigenvalue weighted by atomic mass is 9.95. The minimum atomic E-state index is 0.181. The first-order valence-corrected chi connectivity index (χ1v) is 11.2. The van der Waals surface area contributed by atoms with Gasteiger partial charge >= 0.3 is 0 Å². The maximum absolute atomic E-state index is 12.8. The van der Waals surface area contributed by atoms with Crippen LogP contribution in [0.3, 0.4) is 0 Å². The molecule has 2 aromatic heterocycles. The quantitative estimate of drug-likeness (QED) is 0.410. The molecule has 1 aromatic carbocycles. The molecule has 0 bridgehead atoms. The van der Waals surface area contributed by atoms with Crippen molar-refractivity contribution in [2.24, 2.45) is 5.92 Å². The van der Waals surface area contributed by atoms with Crippen molar-refractivity contribution in [2.75, 3.05) is 17.2 Å². The highest BCUT2D eigenvalue weighted by Crippen LogP contribution is 2.39. The summed E-state index contributed by atoms with van der Waals surface area (Å²) < 4.78 is 0. The number of ketones is 1. The predicted octanol–water partition coefficient (Wildman–Crippen LogP) is 5.04. The van der Waals surface area contributed by atoms with E-state index in [2.05, 4.69) is 25.9 Å². The Bertz CT molecular complexity index is 1120. The van der Waals surface area contributed by atoms with Crippen LogP contribution in [0.4, 0.5) is 17.2 Å². The van der Waals surface area contributed by atoms with E-state index < -0.39 is 0 Å². The van der Waals surface area contributed by atoms with Crippen LogP contribution in [-0.2, 0) is 6.42 Å². The van der Waals surface area contributed by atoms with Crippen LogP contribution in [0.2, 0.25) is 0 Å². The Labute approximate surface area is 186 Å². The number of nitrogens with zero attached hydrogens (tertiary/aromatic N) is 1. The zero-order chi connectivity index (χ0) is 21.2. The van der Waals surface area contributed by atoms with E-state index in [1.165, 1.54) is 12.8 Å². The van der Waals surface area contributed by atoms with E-state index in [0.29, 0.717) is 17.4 Å². The zero-order valence-corrected chi connectivity index (χ0v) is 18.0. The van der Waals surface area contributed by atoms with Crippen molar-refractivity contribution in [3.05, 3.63) is 59.9 Å². The van der Waals surface area contributed by atoms with Crippen LogP contribution in [-0.4, -0.2) is 27.4 Å². The third kappa shape index (κ3) is 4.46. The molecule has 31 heavy (non-hydrogen) atoms. The van der Waals surface area contributed by atoms with Crippen LogP contribution in [0.5, 0.6) is 0 Å². The molecule has 0 aliphatic heterocycles. The number of aromatic amines is 1. The van der Waals surface area contributed by atoms with Crippen molar-refractivity contribution in [1.29, 1.82) is 0 Å². The summed E-state index contributed by atoms with van der Waals surface area (Å²) in [5, 5.41) is 10.5. The molecule has 5 rings (SSSR count). The summed E-state index contributed by atoms with van der Waals surface area (Å²) in [6.45, 7) is 0.905. The monoisotopic (exact) mass is 431 g/mol. The van der Waals surface area contributed by atoms with Crippen molar-refractivity contribution in [3.8, 4) is 11.3 Å². The Morgan fingerprint density at radius 1 is 1.16 bits per heavy atom. The van der Waals surface area contributed by atoms with Gasteiger partial charge in [0.1, 0.15) is 5.82 Å². The van der Waals surface area contributed by atoms with Gasteiger partial charge < -0.3 is 20.9 Å². The Morgan fingerprint density at radius 2 is 2.00 bits per heavy atom. The molecule has 0 unspecified atom stereocenters. The molecular weight excluding hydrogens is 406 g/mol. The lowest BCUT2D eigenvalue weighted by molar-refractivity contribution is 0.0973. The Hall–Kier alpha value is -3.19. The number of hydrogen-bond donors (Lipinski definition) is 4. The molecule has 0 spiro atoms. The number of fused-ring (bicyclic) bond motifs is 1. The molecule has 0 atom stereocenters. The second-order valence-electron chi connectivity index (χ2n) is 8.20. The zero-order valence-electron chi connectivity index (χ0n) is 17.2. The number of anilines is 3. The molecule has 2 aliphatic carbocycles. The standard InChI is InChI=1S/C24H25N5OS/c30-19-8-4-7-18-21(19)23(27-17-5-2-1-3-6-17)22(28-18)16-11-12-25-20(13-16)29-24(31)26-14-15-9-10-15/h1-3,5-6,11-13,15,27-28H,4,7-10,14H2,(H2,25,26,29,31). The fourth-order valence-electron chi connectivity index (χ4n) is 3.98. The molecule has 2 heterocycles. The molecule has 158 valence electrons. The maximum Gasteiger partial charge on any atom is 0.171 e. The lowest BCUT2D eigenvalue weighted by Crippen LogP contribution is -2.30. The lowest BCUT2D eigenvalue weighted by Gasteiger charge is -2.14. The molecule has 1 fully saturated rings. The number of aryl methyl sites for hydroxylation is 1. The molecule has 1 saturated carbocycles. The van der Waals surface area contributed by atoms with Gasteiger partial charge in [-0.15, -0.1) is 0 Å². The highest BCUT2D eigenvalue weighted by molar-refractivity contribution is 7.80. The number of benzene rings is 1. The molecule has 7 heteroatoms. The predicted molar refractivity (Wildman–Crippen MR) is 128 cm³/mol. The minimum Gasteiger partial charge on any atom is -0.362 e. The highest BCUT2D eigenvalue weighted by atomic mass is 32.1. The molecule has 4 N–H and O–H groups in total. The molecule has 3 aromatic rings. The van der Waals surface area contributed by atoms with Gasteiger partial charge in [0.05, 0.1) is 16.9 Å². The number of Topliss-reactive ketones (excluding diaryl/α,β-unsaturated/α-hetero) is 1. The van der Waals surface area contributed by atoms with Crippen LogP contribution >= 0.6 is 12.2 Å². The fourth-order valence-corrected chi connectivity index (χ4v) is 4.17. The summed E-state index contributed by atoms with van der Waals surface area (Å²) >= 11 is 5.41. The fraction of sp³-hybridized carbons (Fsp3) is 0.292. The van der Waals surface area contributed by atoms with E-state index >= 15 is 0 Å². The topological polar surface area (TPSA) is 81.8 Å². The summed E-state index contributed by atoms with van der Waals surface area (Å²) in [5.41, 5.74) is 5.39. The summed E-state index contributed by atoms with van der Waals surface area (Å²) in [7, 11) is 0. The van der Waals surface area contributed by atoms with Gasteiger partial charge in [0.25, 0.3) is 0 Å². The summed E-state index contributed by atoms with van der Waals surface area (Å²) in [5.74, 6) is 1.60. The van der Waals surface area contributed by atoms with Gasteiger partial charge in [-0.1, -0.05) is 18.2 Å². The Kier molecular flexibility index (Phi) is 5.42. The Morgan fingerprint density at radius 3 is 2.81 bits per heavy atom. The molecule has 2 aliphatic rings. The number of pyridine rings is 1. The van der Waals surface area contributed by atoms with E-state index in [4.69, 9.17) is 12.2 Å². The maximum atomic E-state index is 12.8.